The van der Waals surface area contributed by atoms with E-state index >= 15 is 0 Å². The fourth-order valence-corrected chi connectivity index (χ4v) is 9.44. The van der Waals surface area contributed by atoms with Crippen LogP contribution >= 0.6 is 22.7 Å². The third-order valence-electron chi connectivity index (χ3n) is 11.4. The Morgan fingerprint density at radius 2 is 1.09 bits per heavy atom. The maximum Gasteiger partial charge on any atom is 0.333 e. The summed E-state index contributed by atoms with van der Waals surface area (Å²) in [5.41, 5.74) is 5.18. The van der Waals surface area contributed by atoms with Crippen molar-refractivity contribution in [3.05, 3.63) is 127 Å². The molecule has 356 valence electrons. The molecule has 0 spiro atoms. The highest BCUT2D eigenvalue weighted by Crippen LogP contribution is 2.35. The average molecular weight is 951 g/mol. The Labute approximate surface area is 400 Å². The van der Waals surface area contributed by atoms with Gasteiger partial charge in [-0.05, 0) is 115 Å². The van der Waals surface area contributed by atoms with Crippen molar-refractivity contribution in [2.24, 2.45) is 0 Å². The molecule has 0 fully saturated rings. The predicted molar refractivity (Wildman–Crippen MR) is 270 cm³/mol. The lowest BCUT2D eigenvalue weighted by atomic mass is 10.0. The van der Waals surface area contributed by atoms with Gasteiger partial charge >= 0.3 is 5.97 Å². The molecule has 2 N–H and O–H groups in total. The van der Waals surface area contributed by atoms with E-state index in [4.69, 9.17) is 28.4 Å². The number of aliphatic hydroxyl groups is 2. The van der Waals surface area contributed by atoms with Crippen molar-refractivity contribution < 1.29 is 43.4 Å². The number of esters is 1. The van der Waals surface area contributed by atoms with E-state index in [1.165, 1.54) is 18.1 Å². The van der Waals surface area contributed by atoms with Crippen molar-refractivity contribution >= 4 is 48.8 Å². The molecule has 0 saturated carbocycles. The fraction of sp³-hybridized carbons (Fsp3) is 0.389. The lowest BCUT2D eigenvalue weighted by Crippen LogP contribution is -2.33. The monoisotopic (exact) mass is 950 g/mol. The highest BCUT2D eigenvalue weighted by molar-refractivity contribution is 7.16. The minimum absolute atomic E-state index is 0.00922. The van der Waals surface area contributed by atoms with Crippen LogP contribution in [0.5, 0.6) is 23.0 Å². The molecule has 4 aromatic carbocycles. The summed E-state index contributed by atoms with van der Waals surface area (Å²) in [6, 6.07) is 26.9. The highest BCUT2D eigenvalue weighted by Gasteiger charge is 2.20. The number of hydrogen-bond donors (Lipinski definition) is 2. The maximum atomic E-state index is 13.6. The molecule has 0 aliphatic rings. The van der Waals surface area contributed by atoms with Crippen LogP contribution in [0.2, 0.25) is 0 Å². The van der Waals surface area contributed by atoms with Crippen LogP contribution in [-0.4, -0.2) is 75.1 Å². The van der Waals surface area contributed by atoms with Crippen molar-refractivity contribution in [2.75, 3.05) is 40.6 Å². The van der Waals surface area contributed by atoms with E-state index in [-0.39, 0.29) is 47.9 Å². The van der Waals surface area contributed by atoms with E-state index in [9.17, 15) is 24.6 Å². The van der Waals surface area contributed by atoms with E-state index < -0.39 is 24.3 Å². The highest BCUT2D eigenvalue weighted by atomic mass is 32.1. The lowest BCUT2D eigenvalue weighted by Gasteiger charge is -2.22. The van der Waals surface area contributed by atoms with Crippen LogP contribution in [0.15, 0.2) is 107 Å². The molecule has 2 heterocycles. The van der Waals surface area contributed by atoms with Crippen molar-refractivity contribution in [1.82, 2.24) is 0 Å². The van der Waals surface area contributed by atoms with Gasteiger partial charge in [0.2, 0.25) is 9.48 Å². The number of unbranched alkanes of at least 4 members (excludes halogenated alkanes) is 4. The minimum atomic E-state index is -1.13. The van der Waals surface area contributed by atoms with Crippen molar-refractivity contribution in [3.63, 3.8) is 0 Å². The molecule has 67 heavy (non-hydrogen) atoms. The second-order valence-corrected chi connectivity index (χ2v) is 18.8. The minimum Gasteiger partial charge on any atom is -0.496 e. The van der Waals surface area contributed by atoms with E-state index in [0.717, 1.165) is 105 Å². The molecule has 0 amide bonds. The van der Waals surface area contributed by atoms with E-state index in [2.05, 4.69) is 32.6 Å². The predicted octanol–water partition coefficient (Wildman–Crippen LogP) is 10.7. The van der Waals surface area contributed by atoms with Gasteiger partial charge in [-0.2, -0.15) is 0 Å². The molecular weight excluding hydrogens is 889 g/mol. The second kappa shape index (κ2) is 25.0. The quantitative estimate of drug-likeness (QED) is 0.0304. The number of methoxy groups -OCH3 is 2. The summed E-state index contributed by atoms with van der Waals surface area (Å²) >= 11 is 2.25. The van der Waals surface area contributed by atoms with Gasteiger partial charge in [-0.1, -0.05) is 93.0 Å². The first-order chi connectivity index (χ1) is 32.4. The number of fused-ring (bicyclic) bond motifs is 2. The average Bonchev–Trinajstić information content (AvgIpc) is 3.32. The summed E-state index contributed by atoms with van der Waals surface area (Å²) < 4.78 is 36.4. The summed E-state index contributed by atoms with van der Waals surface area (Å²) in [6.07, 6.45) is 5.64. The van der Waals surface area contributed by atoms with Crippen molar-refractivity contribution in [2.45, 2.75) is 96.9 Å². The molecule has 2 unspecified atom stereocenters. The van der Waals surface area contributed by atoms with Gasteiger partial charge in [0.15, 0.2) is 0 Å². The smallest absolute Gasteiger partial charge is 0.333 e. The maximum absolute atomic E-state index is 13.6. The largest absolute Gasteiger partial charge is 0.496 e. The Kier molecular flexibility index (Phi) is 19.0. The molecule has 13 heteroatoms. The molecule has 2 atom stereocenters. The number of aliphatic hydroxyl groups excluding tert-OH is 2. The molecule has 0 aliphatic heterocycles. The number of benzene rings is 4. The van der Waals surface area contributed by atoms with Crippen LogP contribution in [0.25, 0.3) is 42.4 Å². The third kappa shape index (κ3) is 14.2. The van der Waals surface area contributed by atoms with Crippen molar-refractivity contribution in [3.8, 4) is 45.3 Å². The van der Waals surface area contributed by atoms with Crippen LogP contribution in [0.1, 0.15) is 76.8 Å². The molecule has 11 nitrogen and oxygen atoms in total. The van der Waals surface area contributed by atoms with E-state index in [0.29, 0.717) is 34.1 Å². The van der Waals surface area contributed by atoms with Gasteiger partial charge in [-0.25, -0.2) is 4.79 Å². The summed E-state index contributed by atoms with van der Waals surface area (Å²) in [5, 5.41) is 22.9. The first-order valence-corrected chi connectivity index (χ1v) is 24.6. The number of ether oxygens (including phenoxy) is 6. The summed E-state index contributed by atoms with van der Waals surface area (Å²) in [5.74, 6) is 1.71. The zero-order chi connectivity index (χ0) is 47.9. The van der Waals surface area contributed by atoms with Gasteiger partial charge < -0.3 is 38.6 Å². The van der Waals surface area contributed by atoms with Crippen LogP contribution in [0.4, 0.5) is 0 Å². The Bertz CT molecular complexity index is 2580. The Hall–Kier alpha value is -5.57. The van der Waals surface area contributed by atoms with Gasteiger partial charge in [0, 0.05) is 43.6 Å². The number of aryl methyl sites for hydroxylation is 2. The van der Waals surface area contributed by atoms with E-state index in [1.807, 2.05) is 72.8 Å². The first-order valence-electron chi connectivity index (χ1n) is 23.0. The van der Waals surface area contributed by atoms with Crippen LogP contribution in [0, 0.1) is 0 Å². The molecule has 6 aromatic rings. The topological polar surface area (TPSA) is 147 Å². The van der Waals surface area contributed by atoms with Gasteiger partial charge in [-0.15, -0.1) is 0 Å². The number of rotatable bonds is 26. The van der Waals surface area contributed by atoms with Gasteiger partial charge in [-0.3, -0.25) is 9.59 Å². The second-order valence-electron chi connectivity index (χ2n) is 16.8. The number of hydrogen-bond acceptors (Lipinski definition) is 13. The molecule has 2 aromatic heterocycles. The summed E-state index contributed by atoms with van der Waals surface area (Å²) in [4.78, 5) is 39.0. The van der Waals surface area contributed by atoms with Crippen LogP contribution in [-0.2, 0) is 27.1 Å². The van der Waals surface area contributed by atoms with Gasteiger partial charge in [0.05, 0.1) is 33.0 Å². The molecule has 0 aliphatic carbocycles. The van der Waals surface area contributed by atoms with Crippen LogP contribution < -0.4 is 28.4 Å². The SMILES string of the molecule is C=C(C)C(=O)OCC(O)CC(O)COC(COc1ccc2cc(-c3ccc(CCCCC)cc3OC)c(=O)sc2c1)COc1ccc2cc(-c3ccc(CCCCC)cc3OC)c(=O)sc2c1. The normalized spacial score (nSPS) is 12.3. The van der Waals surface area contributed by atoms with Gasteiger partial charge in [0.25, 0.3) is 0 Å². The summed E-state index contributed by atoms with van der Waals surface area (Å²) in [7, 11) is 3.25. The molecular formula is C54H62O11S2. The Morgan fingerprint density at radius 3 is 1.54 bits per heavy atom. The standard InChI is InChI=1S/C54H62O11S2/c1-7-9-11-13-35-15-21-44(48(23-35)60-5)46-25-37-17-19-41(28-50(37)66-53(46)58)63-32-43(62-30-39(55)27-40(56)31-65-52(57)34(3)4)33-64-42-20-18-38-26-47(54(59)67-51(38)29-42)45-22-16-36(14-12-10-8-2)24-49(45)61-6/h15-26,28-29,39-40,43,55-56H,3,7-14,27,30-33H2,1-2,4-6H3. The Balaban J connectivity index is 1.17. The zero-order valence-electron chi connectivity index (χ0n) is 39.1. The molecule has 6 rings (SSSR count). The molecule has 0 saturated heterocycles. The Morgan fingerprint density at radius 1 is 0.612 bits per heavy atom. The summed E-state index contributed by atoms with van der Waals surface area (Å²) in [6.45, 7) is 8.94. The van der Waals surface area contributed by atoms with E-state index in [1.54, 1.807) is 14.2 Å². The number of carbonyl (C=O) groups is 1. The molecule has 0 bridgehead atoms. The zero-order valence-corrected chi connectivity index (χ0v) is 40.7. The fourth-order valence-electron chi connectivity index (χ4n) is 7.64. The lowest BCUT2D eigenvalue weighted by molar-refractivity contribution is -0.142. The van der Waals surface area contributed by atoms with Crippen LogP contribution in [0.3, 0.4) is 0 Å². The number of carbonyl (C=O) groups excluding carboxylic acids is 1. The molecule has 0 radical (unpaired) electrons. The van der Waals surface area contributed by atoms with Gasteiger partial charge in [0.1, 0.15) is 48.9 Å². The first kappa shape index (κ1) is 50.8. The third-order valence-corrected chi connectivity index (χ3v) is 13.3. The van der Waals surface area contributed by atoms with Crippen molar-refractivity contribution in [1.29, 1.82) is 0 Å².